The van der Waals surface area contributed by atoms with E-state index in [9.17, 15) is 4.79 Å². The van der Waals surface area contributed by atoms with Crippen LogP contribution in [-0.2, 0) is 6.42 Å². The van der Waals surface area contributed by atoms with Crippen LogP contribution in [0.5, 0.6) is 0 Å². The quantitative estimate of drug-likeness (QED) is 0.839. The van der Waals surface area contributed by atoms with Gasteiger partial charge in [-0.05, 0) is 39.3 Å². The Balaban J connectivity index is 0.00000132. The summed E-state index contributed by atoms with van der Waals surface area (Å²) in [6.45, 7) is 0.576. The number of hydrogen-bond donors (Lipinski definition) is 2. The van der Waals surface area contributed by atoms with Gasteiger partial charge in [-0.15, -0.1) is 36.2 Å². The number of carbonyl (C=O) groups excluding carboxylic acids is 1. The third-order valence-corrected chi connectivity index (χ3v) is 5.73. The van der Waals surface area contributed by atoms with E-state index in [1.807, 2.05) is 5.38 Å². The molecule has 2 bridgehead atoms. The first-order valence-electron chi connectivity index (χ1n) is 7.84. The Bertz CT molecular complexity index is 499. The van der Waals surface area contributed by atoms with Crippen molar-refractivity contribution in [3.05, 3.63) is 16.1 Å². The van der Waals surface area contributed by atoms with Crippen LogP contribution in [0.1, 0.15) is 47.6 Å². The van der Waals surface area contributed by atoms with Crippen LogP contribution in [0.3, 0.4) is 0 Å². The Morgan fingerprint density at radius 1 is 1.39 bits per heavy atom. The van der Waals surface area contributed by atoms with Crippen molar-refractivity contribution >= 4 is 42.1 Å². The van der Waals surface area contributed by atoms with Crippen molar-refractivity contribution in [2.45, 2.75) is 56.7 Å². The van der Waals surface area contributed by atoms with Gasteiger partial charge < -0.3 is 16.0 Å². The van der Waals surface area contributed by atoms with Gasteiger partial charge in [-0.1, -0.05) is 6.42 Å². The molecule has 132 valence electrons. The van der Waals surface area contributed by atoms with E-state index in [4.69, 9.17) is 5.73 Å². The molecule has 0 aromatic carbocycles. The zero-order valence-corrected chi connectivity index (χ0v) is 15.8. The second-order valence-corrected chi connectivity index (χ2v) is 7.15. The van der Waals surface area contributed by atoms with Crippen LogP contribution in [0.25, 0.3) is 0 Å². The highest BCUT2D eigenvalue weighted by Gasteiger charge is 2.36. The highest BCUT2D eigenvalue weighted by molar-refractivity contribution is 7.09. The molecule has 1 aromatic rings. The van der Waals surface area contributed by atoms with Crippen molar-refractivity contribution in [3.63, 3.8) is 0 Å². The van der Waals surface area contributed by atoms with Crippen molar-refractivity contribution in [3.8, 4) is 0 Å². The molecule has 2 saturated heterocycles. The molecule has 1 amide bonds. The van der Waals surface area contributed by atoms with Crippen molar-refractivity contribution in [1.82, 2.24) is 15.2 Å². The Morgan fingerprint density at radius 3 is 2.65 bits per heavy atom. The number of fused-ring (bicyclic) bond motifs is 2. The average molecular weight is 381 g/mol. The lowest BCUT2D eigenvalue weighted by molar-refractivity contribution is 0.0462. The van der Waals surface area contributed by atoms with E-state index >= 15 is 0 Å². The van der Waals surface area contributed by atoms with Gasteiger partial charge in [0.1, 0.15) is 5.69 Å². The summed E-state index contributed by atoms with van der Waals surface area (Å²) in [4.78, 5) is 19.2. The maximum atomic E-state index is 12.3. The molecule has 0 spiro atoms. The highest BCUT2D eigenvalue weighted by Crippen LogP contribution is 2.32. The summed E-state index contributed by atoms with van der Waals surface area (Å²) < 4.78 is 0. The lowest BCUT2D eigenvalue weighted by Crippen LogP contribution is -2.55. The van der Waals surface area contributed by atoms with Gasteiger partial charge in [-0.3, -0.25) is 4.79 Å². The summed E-state index contributed by atoms with van der Waals surface area (Å²) in [5.74, 6) is -0.0258. The number of piperidine rings is 2. The minimum atomic E-state index is -0.0258. The second kappa shape index (κ2) is 9.18. The zero-order chi connectivity index (χ0) is 14.8. The van der Waals surface area contributed by atoms with Gasteiger partial charge in [-0.25, -0.2) is 4.98 Å². The molecule has 2 aliphatic heterocycles. The first-order chi connectivity index (χ1) is 10.2. The fraction of sp³-hybridized carbons (Fsp3) is 0.733. The molecule has 2 atom stereocenters. The van der Waals surface area contributed by atoms with E-state index < -0.39 is 0 Å². The monoisotopic (exact) mass is 380 g/mol. The summed E-state index contributed by atoms with van der Waals surface area (Å²) in [6, 6.07) is 1.56. The predicted molar refractivity (Wildman–Crippen MR) is 99.0 cm³/mol. The van der Waals surface area contributed by atoms with Crippen LogP contribution < -0.4 is 11.1 Å². The van der Waals surface area contributed by atoms with Crippen molar-refractivity contribution < 1.29 is 4.79 Å². The van der Waals surface area contributed by atoms with Gasteiger partial charge in [0, 0.05) is 29.9 Å². The predicted octanol–water partition coefficient (Wildman–Crippen LogP) is 2.23. The number of carbonyl (C=O) groups is 1. The number of nitrogens with zero attached hydrogens (tertiary/aromatic N) is 2. The number of hydrogen-bond acceptors (Lipinski definition) is 5. The van der Waals surface area contributed by atoms with Gasteiger partial charge in [0.25, 0.3) is 5.91 Å². The SMILES string of the molecule is CN1C2CCCC1CC(NC(=O)c1csc(CCN)n1)C2.Cl.Cl. The molecule has 8 heteroatoms. The number of amides is 1. The van der Waals surface area contributed by atoms with Crippen LogP contribution in [0.2, 0.25) is 0 Å². The third kappa shape index (κ3) is 4.79. The third-order valence-electron chi connectivity index (χ3n) is 4.82. The van der Waals surface area contributed by atoms with Crippen LogP contribution >= 0.6 is 36.2 Å². The highest BCUT2D eigenvalue weighted by atomic mass is 35.5. The van der Waals surface area contributed by atoms with E-state index in [0.717, 1.165) is 24.3 Å². The lowest BCUT2D eigenvalue weighted by atomic mass is 9.82. The topological polar surface area (TPSA) is 71.2 Å². The van der Waals surface area contributed by atoms with Gasteiger partial charge in [-0.2, -0.15) is 0 Å². The van der Waals surface area contributed by atoms with Crippen molar-refractivity contribution in [2.24, 2.45) is 5.73 Å². The minimum absolute atomic E-state index is 0. The fourth-order valence-corrected chi connectivity index (χ4v) is 4.44. The molecule has 23 heavy (non-hydrogen) atoms. The van der Waals surface area contributed by atoms with Crippen LogP contribution in [-0.4, -0.2) is 47.5 Å². The van der Waals surface area contributed by atoms with Crippen LogP contribution in [0, 0.1) is 0 Å². The molecule has 2 fully saturated rings. The normalized spacial score (nSPS) is 26.8. The average Bonchev–Trinajstić information content (AvgIpc) is 2.89. The van der Waals surface area contributed by atoms with Gasteiger partial charge >= 0.3 is 0 Å². The molecular weight excluding hydrogens is 355 g/mol. The smallest absolute Gasteiger partial charge is 0.270 e. The molecule has 0 radical (unpaired) electrons. The summed E-state index contributed by atoms with van der Waals surface area (Å²) in [7, 11) is 2.23. The van der Waals surface area contributed by atoms with Gasteiger partial charge in [0.2, 0.25) is 0 Å². The number of aromatic nitrogens is 1. The van der Waals surface area contributed by atoms with Crippen LogP contribution in [0.15, 0.2) is 5.38 Å². The maximum Gasteiger partial charge on any atom is 0.270 e. The van der Waals surface area contributed by atoms with E-state index in [1.54, 1.807) is 0 Å². The summed E-state index contributed by atoms with van der Waals surface area (Å²) in [6.07, 6.45) is 6.73. The number of nitrogens with one attached hydrogen (secondary N) is 1. The maximum absolute atomic E-state index is 12.3. The zero-order valence-electron chi connectivity index (χ0n) is 13.4. The Hall–Kier alpha value is -0.400. The lowest BCUT2D eigenvalue weighted by Gasteiger charge is -2.47. The second-order valence-electron chi connectivity index (χ2n) is 6.21. The summed E-state index contributed by atoms with van der Waals surface area (Å²) >= 11 is 1.52. The molecule has 0 saturated carbocycles. The molecule has 3 heterocycles. The van der Waals surface area contributed by atoms with Crippen molar-refractivity contribution in [1.29, 1.82) is 0 Å². The molecular formula is C15H26Cl2N4OS. The van der Waals surface area contributed by atoms with E-state index in [2.05, 4.69) is 22.2 Å². The van der Waals surface area contributed by atoms with Gasteiger partial charge in [0.15, 0.2) is 0 Å². The number of nitrogens with two attached hydrogens (primary N) is 1. The Kier molecular flexibility index (Phi) is 8.24. The van der Waals surface area contributed by atoms with Crippen LogP contribution in [0.4, 0.5) is 0 Å². The number of halogens is 2. The first-order valence-corrected chi connectivity index (χ1v) is 8.72. The fourth-order valence-electron chi connectivity index (χ4n) is 3.65. The summed E-state index contributed by atoms with van der Waals surface area (Å²) in [5, 5.41) is 5.98. The van der Waals surface area contributed by atoms with Gasteiger partial charge in [0.05, 0.1) is 5.01 Å². The largest absolute Gasteiger partial charge is 0.348 e. The summed E-state index contributed by atoms with van der Waals surface area (Å²) in [5.41, 5.74) is 6.07. The standard InChI is InChI=1S/C15H24N4OS.2ClH/c1-19-11-3-2-4-12(19)8-10(7-11)17-15(20)13-9-21-14(18-13)5-6-16;;/h9-12H,2-8,16H2,1H3,(H,17,20);2*1H. The first kappa shape index (κ1) is 20.6. The Morgan fingerprint density at radius 2 is 2.04 bits per heavy atom. The molecule has 3 N–H and O–H groups in total. The van der Waals surface area contributed by atoms with E-state index in [-0.39, 0.29) is 30.7 Å². The van der Waals surface area contributed by atoms with E-state index in [0.29, 0.717) is 30.4 Å². The molecule has 3 rings (SSSR count). The molecule has 5 nitrogen and oxygen atoms in total. The molecule has 1 aromatic heterocycles. The Labute approximate surface area is 154 Å². The number of thiazole rings is 1. The number of rotatable bonds is 4. The molecule has 2 aliphatic rings. The minimum Gasteiger partial charge on any atom is -0.348 e. The molecule has 0 aliphatic carbocycles. The molecule has 2 unspecified atom stereocenters. The van der Waals surface area contributed by atoms with E-state index in [1.165, 1.54) is 30.6 Å². The van der Waals surface area contributed by atoms with Crippen molar-refractivity contribution in [2.75, 3.05) is 13.6 Å².